The maximum Gasteiger partial charge on any atom is 0.251 e. The van der Waals surface area contributed by atoms with Gasteiger partial charge in [0.05, 0.1) is 17.1 Å². The molecule has 3 aromatic carbocycles. The molecule has 0 spiro atoms. The standard InChI is InChI=1S/C26H19ClFN7O/c27-23-22(15-8-9-18-20(12-15)34-35-24(18)30)32-25(33-23)21(10-14-4-2-1-3-5-14)31-26(36)16-6-7-17(13-29)19(28)11-16/h1-9,11-12,21H,10H2,(H,31,36)(H,32,33)(H3,30,34,35)/t21-/m0/s1. The van der Waals surface area contributed by atoms with Crippen LogP contribution in [0.4, 0.5) is 10.2 Å². The summed E-state index contributed by atoms with van der Waals surface area (Å²) < 4.78 is 14.1. The van der Waals surface area contributed by atoms with Gasteiger partial charge in [-0.15, -0.1) is 0 Å². The Balaban J connectivity index is 1.49. The number of carbonyl (C=O) groups is 1. The normalized spacial score (nSPS) is 11.8. The molecule has 8 nitrogen and oxygen atoms in total. The molecule has 2 aromatic heterocycles. The molecule has 5 N–H and O–H groups in total. The number of imidazole rings is 1. The predicted molar refractivity (Wildman–Crippen MR) is 135 cm³/mol. The number of aromatic amines is 2. The van der Waals surface area contributed by atoms with Crippen LogP contribution in [-0.4, -0.2) is 26.1 Å². The van der Waals surface area contributed by atoms with Crippen molar-refractivity contribution in [3.05, 3.63) is 100 Å². The summed E-state index contributed by atoms with van der Waals surface area (Å²) in [5, 5.41) is 19.8. The lowest BCUT2D eigenvalue weighted by Gasteiger charge is -2.17. The summed E-state index contributed by atoms with van der Waals surface area (Å²) in [5.74, 6) is -0.438. The Labute approximate surface area is 209 Å². The van der Waals surface area contributed by atoms with Gasteiger partial charge in [0.1, 0.15) is 28.6 Å². The molecular formula is C26H19ClFN7O. The van der Waals surface area contributed by atoms with Gasteiger partial charge in [0, 0.05) is 16.5 Å². The number of nitrogens with one attached hydrogen (secondary N) is 3. The molecule has 36 heavy (non-hydrogen) atoms. The van der Waals surface area contributed by atoms with E-state index in [-0.39, 0.29) is 11.1 Å². The third-order valence-corrected chi connectivity index (χ3v) is 6.09. The highest BCUT2D eigenvalue weighted by molar-refractivity contribution is 6.32. The van der Waals surface area contributed by atoms with Gasteiger partial charge in [0.2, 0.25) is 0 Å². The monoisotopic (exact) mass is 499 g/mol. The van der Waals surface area contributed by atoms with Gasteiger partial charge in [-0.3, -0.25) is 9.89 Å². The molecule has 2 heterocycles. The van der Waals surface area contributed by atoms with Crippen LogP contribution in [0, 0.1) is 17.1 Å². The van der Waals surface area contributed by atoms with Gasteiger partial charge >= 0.3 is 0 Å². The number of amides is 1. The minimum atomic E-state index is -0.761. The topological polar surface area (TPSA) is 136 Å². The SMILES string of the molecule is N#Cc1ccc(C(=O)N[C@@H](Cc2ccccc2)c2nc(-c3ccc4c(N)n[nH]c4c3)c(Cl)[nH]2)cc1F. The van der Waals surface area contributed by atoms with Crippen molar-refractivity contribution in [2.24, 2.45) is 0 Å². The Bertz CT molecular complexity index is 1620. The molecule has 5 rings (SSSR count). The number of nitrogens with two attached hydrogens (primary N) is 1. The molecule has 178 valence electrons. The Morgan fingerprint density at radius 2 is 1.97 bits per heavy atom. The van der Waals surface area contributed by atoms with Crippen molar-refractivity contribution in [3.63, 3.8) is 0 Å². The number of hydrogen-bond acceptors (Lipinski definition) is 5. The third-order valence-electron chi connectivity index (χ3n) is 5.81. The molecule has 1 amide bonds. The van der Waals surface area contributed by atoms with Crippen molar-refractivity contribution in [2.75, 3.05) is 5.73 Å². The number of nitriles is 1. The van der Waals surface area contributed by atoms with E-state index in [1.807, 2.05) is 48.5 Å². The van der Waals surface area contributed by atoms with Crippen molar-refractivity contribution in [1.29, 1.82) is 5.26 Å². The van der Waals surface area contributed by atoms with Crippen LogP contribution < -0.4 is 11.1 Å². The summed E-state index contributed by atoms with van der Waals surface area (Å²) in [6.45, 7) is 0. The van der Waals surface area contributed by atoms with Crippen LogP contribution in [0.15, 0.2) is 66.7 Å². The smallest absolute Gasteiger partial charge is 0.251 e. The molecule has 0 aliphatic heterocycles. The first-order valence-corrected chi connectivity index (χ1v) is 11.3. The van der Waals surface area contributed by atoms with E-state index in [0.717, 1.165) is 28.1 Å². The molecule has 0 bridgehead atoms. The van der Waals surface area contributed by atoms with Gasteiger partial charge in [-0.2, -0.15) is 10.4 Å². The van der Waals surface area contributed by atoms with Crippen LogP contribution >= 0.6 is 11.6 Å². The number of hydrogen-bond donors (Lipinski definition) is 4. The lowest BCUT2D eigenvalue weighted by atomic mass is 10.0. The zero-order chi connectivity index (χ0) is 25.2. The minimum Gasteiger partial charge on any atom is -0.382 e. The fourth-order valence-electron chi connectivity index (χ4n) is 3.97. The van der Waals surface area contributed by atoms with Crippen molar-refractivity contribution in [2.45, 2.75) is 12.5 Å². The highest BCUT2D eigenvalue weighted by Gasteiger charge is 2.23. The van der Waals surface area contributed by atoms with Crippen molar-refractivity contribution >= 4 is 34.2 Å². The van der Waals surface area contributed by atoms with Crippen LogP contribution in [0.5, 0.6) is 0 Å². The number of benzene rings is 3. The summed E-state index contributed by atoms with van der Waals surface area (Å²) >= 11 is 6.53. The van der Waals surface area contributed by atoms with Crippen molar-refractivity contribution < 1.29 is 9.18 Å². The van der Waals surface area contributed by atoms with Gasteiger partial charge in [-0.25, -0.2) is 9.37 Å². The van der Waals surface area contributed by atoms with Gasteiger partial charge in [0.15, 0.2) is 5.82 Å². The number of fused-ring (bicyclic) bond motifs is 1. The molecule has 0 fully saturated rings. The van der Waals surface area contributed by atoms with Crippen LogP contribution in [0.25, 0.3) is 22.2 Å². The van der Waals surface area contributed by atoms with Gasteiger partial charge < -0.3 is 16.0 Å². The molecule has 0 aliphatic rings. The summed E-state index contributed by atoms with van der Waals surface area (Å²) in [5.41, 5.74) is 8.74. The van der Waals surface area contributed by atoms with E-state index in [2.05, 4.69) is 20.5 Å². The molecular weight excluding hydrogens is 481 g/mol. The van der Waals surface area contributed by atoms with Crippen LogP contribution in [0.3, 0.4) is 0 Å². The second kappa shape index (κ2) is 9.52. The van der Waals surface area contributed by atoms with E-state index in [4.69, 9.17) is 27.6 Å². The van der Waals surface area contributed by atoms with E-state index in [1.165, 1.54) is 12.1 Å². The van der Waals surface area contributed by atoms with Crippen LogP contribution in [-0.2, 0) is 6.42 Å². The highest BCUT2D eigenvalue weighted by atomic mass is 35.5. The Hall–Kier alpha value is -4.68. The maximum absolute atomic E-state index is 14.1. The molecule has 5 aromatic rings. The van der Waals surface area contributed by atoms with E-state index in [9.17, 15) is 9.18 Å². The Kier molecular flexibility index (Phi) is 6.10. The van der Waals surface area contributed by atoms with Gasteiger partial charge in [0.25, 0.3) is 5.91 Å². The largest absolute Gasteiger partial charge is 0.382 e. The fraction of sp³-hybridized carbons (Fsp3) is 0.0769. The summed E-state index contributed by atoms with van der Waals surface area (Å²) in [6, 6.07) is 19.9. The second-order valence-corrected chi connectivity index (χ2v) is 8.55. The summed E-state index contributed by atoms with van der Waals surface area (Å²) in [7, 11) is 0. The number of nitrogen functional groups attached to an aromatic ring is 1. The lowest BCUT2D eigenvalue weighted by molar-refractivity contribution is 0.0934. The number of halogens is 2. The third kappa shape index (κ3) is 4.50. The average Bonchev–Trinajstić information content (AvgIpc) is 3.46. The average molecular weight is 500 g/mol. The Morgan fingerprint density at radius 1 is 1.17 bits per heavy atom. The van der Waals surface area contributed by atoms with Gasteiger partial charge in [-0.05, 0) is 42.3 Å². The first-order valence-electron chi connectivity index (χ1n) is 11.0. The number of nitrogens with zero attached hydrogens (tertiary/aromatic N) is 3. The molecule has 0 radical (unpaired) electrons. The quantitative estimate of drug-likeness (QED) is 0.263. The van der Waals surface area contributed by atoms with Gasteiger partial charge in [-0.1, -0.05) is 48.0 Å². The first kappa shape index (κ1) is 23.1. The maximum atomic E-state index is 14.1. The molecule has 10 heteroatoms. The molecule has 0 saturated heterocycles. The zero-order valence-corrected chi connectivity index (χ0v) is 19.5. The molecule has 0 saturated carbocycles. The van der Waals surface area contributed by atoms with Crippen molar-refractivity contribution in [1.82, 2.24) is 25.5 Å². The fourth-order valence-corrected chi connectivity index (χ4v) is 4.22. The predicted octanol–water partition coefficient (Wildman–Crippen LogP) is 4.91. The highest BCUT2D eigenvalue weighted by Crippen LogP contribution is 2.31. The summed E-state index contributed by atoms with van der Waals surface area (Å²) in [4.78, 5) is 20.8. The van der Waals surface area contributed by atoms with E-state index in [1.54, 1.807) is 6.07 Å². The number of rotatable bonds is 6. The Morgan fingerprint density at radius 3 is 2.72 bits per heavy atom. The van der Waals surface area contributed by atoms with E-state index >= 15 is 0 Å². The van der Waals surface area contributed by atoms with E-state index in [0.29, 0.717) is 28.9 Å². The first-order chi connectivity index (χ1) is 17.4. The van der Waals surface area contributed by atoms with E-state index < -0.39 is 17.8 Å². The van der Waals surface area contributed by atoms with Crippen LogP contribution in [0.1, 0.15) is 33.4 Å². The van der Waals surface area contributed by atoms with Crippen LogP contribution in [0.2, 0.25) is 5.15 Å². The molecule has 0 aliphatic carbocycles. The second-order valence-electron chi connectivity index (χ2n) is 8.18. The lowest BCUT2D eigenvalue weighted by Crippen LogP contribution is -2.31. The number of H-pyrrole nitrogens is 2. The molecule has 1 atom stereocenters. The number of carbonyl (C=O) groups excluding carboxylic acids is 1. The number of anilines is 1. The number of aromatic nitrogens is 4. The summed E-state index contributed by atoms with van der Waals surface area (Å²) in [6.07, 6.45) is 0.407. The van der Waals surface area contributed by atoms with Crippen molar-refractivity contribution in [3.8, 4) is 17.3 Å². The zero-order valence-electron chi connectivity index (χ0n) is 18.7. The minimum absolute atomic E-state index is 0.0877. The molecule has 0 unspecified atom stereocenters.